The van der Waals surface area contributed by atoms with E-state index < -0.39 is 0 Å². The highest BCUT2D eigenvalue weighted by atomic mass is 35.5. The van der Waals surface area contributed by atoms with Crippen molar-refractivity contribution in [1.82, 2.24) is 5.32 Å². The molecule has 3 aromatic rings. The lowest BCUT2D eigenvalue weighted by Gasteiger charge is -2.16. The minimum absolute atomic E-state index is 0.226. The number of nitrogens with one attached hydrogen (secondary N) is 1. The van der Waals surface area contributed by atoms with E-state index in [0.29, 0.717) is 28.7 Å². The second kappa shape index (κ2) is 10.1. The van der Waals surface area contributed by atoms with Gasteiger partial charge in [-0.2, -0.15) is 0 Å². The molecule has 0 aliphatic carbocycles. The number of benzene rings is 3. The van der Waals surface area contributed by atoms with Crippen molar-refractivity contribution in [2.45, 2.75) is 26.5 Å². The van der Waals surface area contributed by atoms with Crippen LogP contribution in [0.4, 0.5) is 4.39 Å². The van der Waals surface area contributed by atoms with Gasteiger partial charge in [-0.05, 0) is 67.9 Å². The Labute approximate surface area is 180 Å². The molecule has 1 N–H and O–H groups in total. The van der Waals surface area contributed by atoms with Crippen molar-refractivity contribution in [2.24, 2.45) is 0 Å². The predicted octanol–water partition coefficient (Wildman–Crippen LogP) is 5.95. The van der Waals surface area contributed by atoms with E-state index in [0.717, 1.165) is 11.1 Å². The van der Waals surface area contributed by atoms with E-state index in [1.165, 1.54) is 12.1 Å². The van der Waals surface area contributed by atoms with E-state index in [-0.39, 0.29) is 24.4 Å². The van der Waals surface area contributed by atoms with Crippen LogP contribution < -0.4 is 14.8 Å². The maximum atomic E-state index is 13.1. The zero-order chi connectivity index (χ0) is 21.5. The molecule has 1 amide bonds. The van der Waals surface area contributed by atoms with Crippen LogP contribution in [0.15, 0.2) is 66.7 Å². The lowest BCUT2D eigenvalue weighted by molar-refractivity contribution is 0.0939. The molecule has 3 rings (SSSR count). The molecule has 0 heterocycles. The Morgan fingerprint density at radius 1 is 1.07 bits per heavy atom. The quantitative estimate of drug-likeness (QED) is 0.483. The molecule has 0 unspecified atom stereocenters. The first-order chi connectivity index (χ1) is 14.5. The normalized spacial score (nSPS) is 11.6. The molecule has 0 bridgehead atoms. The Balaban J connectivity index is 1.74. The number of carbonyl (C=O) groups is 1. The fraction of sp³-hybridized carbons (Fsp3) is 0.208. The first-order valence-electron chi connectivity index (χ1n) is 9.66. The molecule has 0 aliphatic rings. The van der Waals surface area contributed by atoms with Gasteiger partial charge in [0, 0.05) is 16.1 Å². The largest absolute Gasteiger partial charge is 0.493 e. The molecule has 4 nitrogen and oxygen atoms in total. The van der Waals surface area contributed by atoms with Gasteiger partial charge in [0.05, 0.1) is 12.6 Å². The second-order valence-corrected chi connectivity index (χ2v) is 7.18. The van der Waals surface area contributed by atoms with E-state index in [2.05, 4.69) is 5.32 Å². The summed E-state index contributed by atoms with van der Waals surface area (Å²) in [6.07, 6.45) is 0. The zero-order valence-electron chi connectivity index (χ0n) is 16.8. The number of hydrogen-bond acceptors (Lipinski definition) is 3. The molecule has 3 aromatic carbocycles. The molecule has 0 saturated carbocycles. The van der Waals surface area contributed by atoms with Crippen molar-refractivity contribution >= 4 is 17.5 Å². The third-order valence-corrected chi connectivity index (χ3v) is 4.77. The van der Waals surface area contributed by atoms with E-state index in [4.69, 9.17) is 21.1 Å². The molecule has 0 aliphatic heterocycles. The van der Waals surface area contributed by atoms with Gasteiger partial charge in [0.1, 0.15) is 23.9 Å². The van der Waals surface area contributed by atoms with Gasteiger partial charge in [0.2, 0.25) is 0 Å². The summed E-state index contributed by atoms with van der Waals surface area (Å²) in [5, 5.41) is 3.52. The average molecular weight is 428 g/mol. The molecule has 1 atom stereocenters. The van der Waals surface area contributed by atoms with Crippen molar-refractivity contribution in [3.63, 3.8) is 0 Å². The third-order valence-electron chi connectivity index (χ3n) is 4.53. The SMILES string of the molecule is CCOc1ccc(C(=O)N[C@@H](C)c2ccc(F)cc2)cc1COc1cccc(Cl)c1. The highest BCUT2D eigenvalue weighted by Crippen LogP contribution is 2.24. The first-order valence-corrected chi connectivity index (χ1v) is 10.0. The van der Waals surface area contributed by atoms with E-state index in [9.17, 15) is 9.18 Å². The van der Waals surface area contributed by atoms with Crippen LogP contribution in [0.25, 0.3) is 0 Å². The number of halogens is 2. The molecular formula is C24H23ClFNO3. The van der Waals surface area contributed by atoms with Crippen molar-refractivity contribution in [3.05, 3.63) is 94.3 Å². The number of hydrogen-bond donors (Lipinski definition) is 1. The maximum Gasteiger partial charge on any atom is 0.251 e. The van der Waals surface area contributed by atoms with Crippen molar-refractivity contribution in [2.75, 3.05) is 6.61 Å². The summed E-state index contributed by atoms with van der Waals surface area (Å²) in [7, 11) is 0. The van der Waals surface area contributed by atoms with Gasteiger partial charge in [-0.3, -0.25) is 4.79 Å². The van der Waals surface area contributed by atoms with Gasteiger partial charge in [0.15, 0.2) is 0 Å². The second-order valence-electron chi connectivity index (χ2n) is 6.75. The zero-order valence-corrected chi connectivity index (χ0v) is 17.6. The number of carbonyl (C=O) groups excluding carboxylic acids is 1. The molecule has 6 heteroatoms. The summed E-state index contributed by atoms with van der Waals surface area (Å²) in [6, 6.07) is 18.1. The Hall–Kier alpha value is -3.05. The van der Waals surface area contributed by atoms with Gasteiger partial charge in [-0.15, -0.1) is 0 Å². The minimum Gasteiger partial charge on any atom is -0.493 e. The summed E-state index contributed by atoms with van der Waals surface area (Å²) < 4.78 is 24.6. The lowest BCUT2D eigenvalue weighted by atomic mass is 10.1. The summed E-state index contributed by atoms with van der Waals surface area (Å²) in [5.74, 6) is 0.736. The summed E-state index contributed by atoms with van der Waals surface area (Å²) in [4.78, 5) is 12.8. The van der Waals surface area contributed by atoms with Gasteiger partial charge < -0.3 is 14.8 Å². The molecule has 0 spiro atoms. The lowest BCUT2D eigenvalue weighted by Crippen LogP contribution is -2.26. The topological polar surface area (TPSA) is 47.6 Å². The number of rotatable bonds is 8. The Bertz CT molecular complexity index is 1010. The number of ether oxygens (including phenoxy) is 2. The van der Waals surface area contributed by atoms with Crippen molar-refractivity contribution in [1.29, 1.82) is 0 Å². The van der Waals surface area contributed by atoms with E-state index in [1.807, 2.05) is 26.0 Å². The van der Waals surface area contributed by atoms with Gasteiger partial charge in [-0.25, -0.2) is 4.39 Å². The van der Waals surface area contributed by atoms with Crippen molar-refractivity contribution in [3.8, 4) is 11.5 Å². The van der Waals surface area contributed by atoms with Crippen LogP contribution >= 0.6 is 11.6 Å². The molecule has 30 heavy (non-hydrogen) atoms. The van der Waals surface area contributed by atoms with E-state index in [1.54, 1.807) is 42.5 Å². The minimum atomic E-state index is -0.312. The Morgan fingerprint density at radius 2 is 1.83 bits per heavy atom. The summed E-state index contributed by atoms with van der Waals surface area (Å²) in [6.45, 7) is 4.47. The van der Waals surface area contributed by atoms with Gasteiger partial charge >= 0.3 is 0 Å². The summed E-state index contributed by atoms with van der Waals surface area (Å²) >= 11 is 6.00. The molecule has 156 valence electrons. The van der Waals surface area contributed by atoms with Crippen LogP contribution in [0.2, 0.25) is 5.02 Å². The van der Waals surface area contributed by atoms with Crippen LogP contribution in [-0.4, -0.2) is 12.5 Å². The average Bonchev–Trinajstić information content (AvgIpc) is 2.73. The fourth-order valence-corrected chi connectivity index (χ4v) is 3.14. The number of amides is 1. The Morgan fingerprint density at radius 3 is 2.53 bits per heavy atom. The standard InChI is InChI=1S/C24H23ClFNO3/c1-3-29-23-12-9-18(13-19(23)15-30-22-6-4-5-20(25)14-22)24(28)27-16(2)17-7-10-21(26)11-8-17/h4-14,16H,3,15H2,1-2H3,(H,27,28)/t16-/m0/s1. The van der Waals surface area contributed by atoms with E-state index >= 15 is 0 Å². The van der Waals surface area contributed by atoms with Crippen LogP contribution in [0.1, 0.15) is 41.4 Å². The highest BCUT2D eigenvalue weighted by molar-refractivity contribution is 6.30. The van der Waals surface area contributed by atoms with Crippen LogP contribution in [0.3, 0.4) is 0 Å². The van der Waals surface area contributed by atoms with Crippen LogP contribution in [0.5, 0.6) is 11.5 Å². The smallest absolute Gasteiger partial charge is 0.251 e. The van der Waals surface area contributed by atoms with Crippen molar-refractivity contribution < 1.29 is 18.7 Å². The molecule has 0 aromatic heterocycles. The van der Waals surface area contributed by atoms with Gasteiger partial charge in [0.25, 0.3) is 5.91 Å². The molecule has 0 radical (unpaired) electrons. The molecule has 0 fully saturated rings. The first kappa shape index (κ1) is 21.7. The maximum absolute atomic E-state index is 13.1. The highest BCUT2D eigenvalue weighted by Gasteiger charge is 2.15. The summed E-state index contributed by atoms with van der Waals surface area (Å²) in [5.41, 5.74) is 2.05. The van der Waals surface area contributed by atoms with Crippen LogP contribution in [-0.2, 0) is 6.61 Å². The van der Waals surface area contributed by atoms with Gasteiger partial charge in [-0.1, -0.05) is 29.8 Å². The molecular weight excluding hydrogens is 405 g/mol. The Kier molecular flexibility index (Phi) is 7.31. The molecule has 0 saturated heterocycles. The predicted molar refractivity (Wildman–Crippen MR) is 116 cm³/mol. The monoisotopic (exact) mass is 427 g/mol. The fourth-order valence-electron chi connectivity index (χ4n) is 2.96. The van der Waals surface area contributed by atoms with Crippen LogP contribution in [0, 0.1) is 5.82 Å². The third kappa shape index (κ3) is 5.74.